The first kappa shape index (κ1) is 20.1. The maximum absolute atomic E-state index is 12.2. The molecule has 26 heavy (non-hydrogen) atoms. The van der Waals surface area contributed by atoms with Crippen LogP contribution in [0.4, 0.5) is 5.69 Å². The van der Waals surface area contributed by atoms with Crippen molar-refractivity contribution in [1.29, 1.82) is 0 Å². The van der Waals surface area contributed by atoms with Gasteiger partial charge in [0.15, 0.2) is 0 Å². The van der Waals surface area contributed by atoms with Crippen molar-refractivity contribution in [3.8, 4) is 11.5 Å². The van der Waals surface area contributed by atoms with E-state index in [9.17, 15) is 4.79 Å². The highest BCUT2D eigenvalue weighted by atomic mass is 35.5. The number of nitrogens with zero attached hydrogens (tertiary/aromatic N) is 1. The van der Waals surface area contributed by atoms with E-state index in [0.717, 1.165) is 18.7 Å². The smallest absolute Gasteiger partial charge is 0.225 e. The summed E-state index contributed by atoms with van der Waals surface area (Å²) in [6.45, 7) is 2.18. The maximum atomic E-state index is 12.2. The van der Waals surface area contributed by atoms with Gasteiger partial charge in [-0.1, -0.05) is 29.8 Å². The van der Waals surface area contributed by atoms with Gasteiger partial charge in [-0.25, -0.2) is 0 Å². The molecule has 0 fully saturated rings. The number of benzene rings is 2. The lowest BCUT2D eigenvalue weighted by Gasteiger charge is -2.17. The van der Waals surface area contributed by atoms with Gasteiger partial charge in [-0.15, -0.1) is 0 Å². The fourth-order valence-corrected chi connectivity index (χ4v) is 2.61. The maximum Gasteiger partial charge on any atom is 0.225 e. The first-order chi connectivity index (χ1) is 12.6. The Morgan fingerprint density at radius 1 is 1.15 bits per heavy atom. The standard InChI is InChI=1S/C20H25ClN2O3/c1-23(12-6-14-26-17-7-4-3-5-8-17)13-11-20(24)22-18-15-16(21)9-10-19(18)25-2/h3-5,7-10,15H,6,11-14H2,1-2H3,(H,22,24). The number of methoxy groups -OCH3 is 1. The lowest BCUT2D eigenvalue weighted by Crippen LogP contribution is -2.26. The van der Waals surface area contributed by atoms with Crippen molar-refractivity contribution >= 4 is 23.2 Å². The summed E-state index contributed by atoms with van der Waals surface area (Å²) in [6, 6.07) is 14.9. The van der Waals surface area contributed by atoms with Crippen LogP contribution in [0.1, 0.15) is 12.8 Å². The Kier molecular flexibility index (Phi) is 8.25. The van der Waals surface area contributed by atoms with Gasteiger partial charge in [-0.05, 0) is 43.8 Å². The number of ether oxygens (including phenoxy) is 2. The summed E-state index contributed by atoms with van der Waals surface area (Å²) in [6.07, 6.45) is 1.29. The van der Waals surface area contributed by atoms with Crippen molar-refractivity contribution in [3.63, 3.8) is 0 Å². The first-order valence-corrected chi connectivity index (χ1v) is 8.96. The number of rotatable bonds is 10. The molecule has 2 rings (SSSR count). The van der Waals surface area contributed by atoms with Crippen molar-refractivity contribution in [2.45, 2.75) is 12.8 Å². The first-order valence-electron chi connectivity index (χ1n) is 8.58. The highest BCUT2D eigenvalue weighted by Crippen LogP contribution is 2.27. The number of hydrogen-bond acceptors (Lipinski definition) is 4. The second-order valence-electron chi connectivity index (χ2n) is 5.96. The average molecular weight is 377 g/mol. The predicted molar refractivity (Wildman–Crippen MR) is 105 cm³/mol. The molecule has 1 amide bonds. The molecule has 0 atom stereocenters. The summed E-state index contributed by atoms with van der Waals surface area (Å²) >= 11 is 5.97. The van der Waals surface area contributed by atoms with E-state index in [1.165, 1.54) is 0 Å². The summed E-state index contributed by atoms with van der Waals surface area (Å²) in [7, 11) is 3.56. The summed E-state index contributed by atoms with van der Waals surface area (Å²) in [5, 5.41) is 3.40. The van der Waals surface area contributed by atoms with Crippen LogP contribution in [-0.4, -0.2) is 44.7 Å². The lowest BCUT2D eigenvalue weighted by molar-refractivity contribution is -0.116. The van der Waals surface area contributed by atoms with Gasteiger partial charge in [0.1, 0.15) is 11.5 Å². The third kappa shape index (κ3) is 6.94. The molecule has 140 valence electrons. The SMILES string of the molecule is COc1ccc(Cl)cc1NC(=O)CCN(C)CCCOc1ccccc1. The third-order valence-electron chi connectivity index (χ3n) is 3.85. The van der Waals surface area contributed by atoms with Gasteiger partial charge in [0.25, 0.3) is 0 Å². The highest BCUT2D eigenvalue weighted by Gasteiger charge is 2.09. The summed E-state index contributed by atoms with van der Waals surface area (Å²) in [5.41, 5.74) is 0.587. The van der Waals surface area contributed by atoms with E-state index in [2.05, 4.69) is 10.2 Å². The van der Waals surface area contributed by atoms with Crippen LogP contribution in [0.3, 0.4) is 0 Å². The monoisotopic (exact) mass is 376 g/mol. The molecule has 0 aliphatic carbocycles. The molecule has 5 nitrogen and oxygen atoms in total. The number of nitrogens with one attached hydrogen (secondary N) is 1. The normalized spacial score (nSPS) is 10.6. The Balaban J connectivity index is 1.66. The van der Waals surface area contributed by atoms with Crippen molar-refractivity contribution < 1.29 is 14.3 Å². The number of carbonyl (C=O) groups excluding carboxylic acids is 1. The Hall–Kier alpha value is -2.24. The Bertz CT molecular complexity index is 695. The Morgan fingerprint density at radius 3 is 2.65 bits per heavy atom. The van der Waals surface area contributed by atoms with E-state index < -0.39 is 0 Å². The number of halogens is 1. The van der Waals surface area contributed by atoms with Crippen LogP contribution in [0.15, 0.2) is 48.5 Å². The lowest BCUT2D eigenvalue weighted by atomic mass is 10.2. The molecule has 6 heteroatoms. The fraction of sp³-hybridized carbons (Fsp3) is 0.350. The number of para-hydroxylation sites is 1. The summed E-state index contributed by atoms with van der Waals surface area (Å²) in [5.74, 6) is 1.40. The van der Waals surface area contributed by atoms with Crippen molar-refractivity contribution in [1.82, 2.24) is 4.90 Å². The Morgan fingerprint density at radius 2 is 1.92 bits per heavy atom. The zero-order valence-corrected chi connectivity index (χ0v) is 16.0. The molecular weight excluding hydrogens is 352 g/mol. The van der Waals surface area contributed by atoms with Gasteiger partial charge in [-0.3, -0.25) is 4.79 Å². The molecule has 0 unspecified atom stereocenters. The molecule has 0 bridgehead atoms. The molecule has 0 spiro atoms. The molecule has 2 aromatic carbocycles. The third-order valence-corrected chi connectivity index (χ3v) is 4.09. The molecule has 0 saturated carbocycles. The van der Waals surface area contributed by atoms with E-state index in [4.69, 9.17) is 21.1 Å². The van der Waals surface area contributed by atoms with Crippen molar-refractivity contribution in [3.05, 3.63) is 53.6 Å². The van der Waals surface area contributed by atoms with Crippen LogP contribution in [-0.2, 0) is 4.79 Å². The fourth-order valence-electron chi connectivity index (χ4n) is 2.44. The van der Waals surface area contributed by atoms with Gasteiger partial charge in [0, 0.05) is 24.5 Å². The quantitative estimate of drug-likeness (QED) is 0.635. The second-order valence-corrected chi connectivity index (χ2v) is 6.40. The minimum atomic E-state index is -0.0713. The van der Waals surface area contributed by atoms with Crippen LogP contribution in [0.2, 0.25) is 5.02 Å². The molecular formula is C20H25ClN2O3. The molecule has 0 aromatic heterocycles. The van der Waals surface area contributed by atoms with E-state index in [-0.39, 0.29) is 5.91 Å². The van der Waals surface area contributed by atoms with Crippen LogP contribution in [0.25, 0.3) is 0 Å². The van der Waals surface area contributed by atoms with Crippen LogP contribution >= 0.6 is 11.6 Å². The minimum Gasteiger partial charge on any atom is -0.495 e. The van der Waals surface area contributed by atoms with Crippen LogP contribution < -0.4 is 14.8 Å². The van der Waals surface area contributed by atoms with E-state index in [0.29, 0.717) is 36.0 Å². The summed E-state index contributed by atoms with van der Waals surface area (Å²) in [4.78, 5) is 14.3. The predicted octanol–water partition coefficient (Wildman–Crippen LogP) is 4.08. The number of carbonyl (C=O) groups is 1. The number of anilines is 1. The Labute approximate surface area is 159 Å². The van der Waals surface area contributed by atoms with Crippen LogP contribution in [0.5, 0.6) is 11.5 Å². The molecule has 0 heterocycles. The van der Waals surface area contributed by atoms with E-state index >= 15 is 0 Å². The van der Waals surface area contributed by atoms with Crippen LogP contribution in [0, 0.1) is 0 Å². The van der Waals surface area contributed by atoms with E-state index in [1.807, 2.05) is 37.4 Å². The molecule has 0 aliphatic heterocycles. The molecule has 0 radical (unpaired) electrons. The second kappa shape index (κ2) is 10.7. The topological polar surface area (TPSA) is 50.8 Å². The van der Waals surface area contributed by atoms with Gasteiger partial charge >= 0.3 is 0 Å². The highest BCUT2D eigenvalue weighted by molar-refractivity contribution is 6.31. The molecule has 0 saturated heterocycles. The van der Waals surface area contributed by atoms with Crippen molar-refractivity contribution in [2.75, 3.05) is 39.2 Å². The summed E-state index contributed by atoms with van der Waals surface area (Å²) < 4.78 is 10.9. The average Bonchev–Trinajstić information content (AvgIpc) is 2.65. The molecule has 2 aromatic rings. The zero-order valence-electron chi connectivity index (χ0n) is 15.2. The van der Waals surface area contributed by atoms with Crippen molar-refractivity contribution in [2.24, 2.45) is 0 Å². The molecule has 0 aliphatic rings. The van der Waals surface area contributed by atoms with Gasteiger partial charge < -0.3 is 19.7 Å². The van der Waals surface area contributed by atoms with E-state index in [1.54, 1.807) is 25.3 Å². The van der Waals surface area contributed by atoms with Gasteiger partial charge in [-0.2, -0.15) is 0 Å². The number of amides is 1. The van der Waals surface area contributed by atoms with Gasteiger partial charge in [0.2, 0.25) is 5.91 Å². The zero-order chi connectivity index (χ0) is 18.8. The largest absolute Gasteiger partial charge is 0.495 e. The number of hydrogen-bond donors (Lipinski definition) is 1. The minimum absolute atomic E-state index is 0.0713. The molecule has 1 N–H and O–H groups in total. The van der Waals surface area contributed by atoms with Gasteiger partial charge in [0.05, 0.1) is 19.4 Å².